The van der Waals surface area contributed by atoms with Crippen LogP contribution in [-0.4, -0.2) is 29.9 Å². The molecule has 0 radical (unpaired) electrons. The number of ether oxygens (including phenoxy) is 1. The number of nitrogens with one attached hydrogen (secondary N) is 1. The van der Waals surface area contributed by atoms with E-state index >= 15 is 0 Å². The van der Waals surface area contributed by atoms with Crippen LogP contribution in [0.2, 0.25) is 0 Å². The van der Waals surface area contributed by atoms with E-state index in [1.807, 2.05) is 22.8 Å². The van der Waals surface area contributed by atoms with Gasteiger partial charge in [0.2, 0.25) is 5.91 Å². The van der Waals surface area contributed by atoms with Gasteiger partial charge in [0.05, 0.1) is 7.11 Å². The van der Waals surface area contributed by atoms with Crippen molar-refractivity contribution in [3.63, 3.8) is 0 Å². The molecule has 0 atom stereocenters. The van der Waals surface area contributed by atoms with Gasteiger partial charge in [0, 0.05) is 28.7 Å². The lowest BCUT2D eigenvalue weighted by Crippen LogP contribution is -2.38. The van der Waals surface area contributed by atoms with Crippen molar-refractivity contribution in [1.29, 1.82) is 0 Å². The number of hydrogen-bond acceptors (Lipinski definition) is 3. The van der Waals surface area contributed by atoms with Gasteiger partial charge in [0.25, 0.3) is 0 Å². The molecule has 1 N–H and O–H groups in total. The normalized spacial score (nSPS) is 15.5. The van der Waals surface area contributed by atoms with Crippen LogP contribution in [0, 0.1) is 0 Å². The maximum absolute atomic E-state index is 12.3. The number of rotatable bonds is 5. The molecule has 1 aromatic heterocycles. The summed E-state index contributed by atoms with van der Waals surface area (Å²) >= 11 is 0. The van der Waals surface area contributed by atoms with Crippen molar-refractivity contribution < 1.29 is 14.3 Å². The number of carbonyl (C=O) groups is 2. The van der Waals surface area contributed by atoms with Gasteiger partial charge in [-0.2, -0.15) is 0 Å². The zero-order chi connectivity index (χ0) is 16.2. The fraction of sp³-hybridized carbons (Fsp3) is 0.444. The van der Waals surface area contributed by atoms with Crippen molar-refractivity contribution in [3.05, 3.63) is 30.0 Å². The van der Waals surface area contributed by atoms with Crippen molar-refractivity contribution in [1.82, 2.24) is 9.88 Å². The van der Waals surface area contributed by atoms with Crippen molar-refractivity contribution in [2.45, 2.75) is 44.7 Å². The molecule has 5 nitrogen and oxygen atoms in total. The highest BCUT2D eigenvalue weighted by Crippen LogP contribution is 2.25. The molecule has 0 saturated heterocycles. The monoisotopic (exact) mass is 314 g/mol. The lowest BCUT2D eigenvalue weighted by molar-refractivity contribution is -0.122. The number of benzene rings is 1. The van der Waals surface area contributed by atoms with E-state index in [2.05, 4.69) is 5.32 Å². The second-order valence-electron chi connectivity index (χ2n) is 6.12. The van der Waals surface area contributed by atoms with Gasteiger partial charge in [-0.15, -0.1) is 0 Å². The Morgan fingerprint density at radius 3 is 2.83 bits per heavy atom. The first kappa shape index (κ1) is 15.6. The van der Waals surface area contributed by atoms with Gasteiger partial charge < -0.3 is 14.6 Å². The summed E-state index contributed by atoms with van der Waals surface area (Å²) in [5.41, 5.74) is 1.44. The van der Waals surface area contributed by atoms with Crippen molar-refractivity contribution >= 4 is 23.1 Å². The van der Waals surface area contributed by atoms with E-state index in [0.717, 1.165) is 30.0 Å². The lowest BCUT2D eigenvalue weighted by atomic mass is 9.95. The van der Waals surface area contributed by atoms with Crippen LogP contribution in [0.3, 0.4) is 0 Å². The van der Waals surface area contributed by atoms with Crippen LogP contribution in [-0.2, 0) is 11.3 Å². The largest absolute Gasteiger partial charge is 0.497 e. The zero-order valence-electron chi connectivity index (χ0n) is 13.4. The fourth-order valence-electron chi connectivity index (χ4n) is 3.33. The van der Waals surface area contributed by atoms with Crippen molar-refractivity contribution in [3.8, 4) is 5.75 Å². The molecule has 1 aliphatic carbocycles. The van der Waals surface area contributed by atoms with Gasteiger partial charge >= 0.3 is 0 Å². The van der Waals surface area contributed by atoms with E-state index in [0.29, 0.717) is 17.4 Å². The molecule has 2 aromatic rings. The van der Waals surface area contributed by atoms with Crippen LogP contribution in [0.5, 0.6) is 5.75 Å². The first-order valence-corrected chi connectivity index (χ1v) is 8.12. The Morgan fingerprint density at radius 1 is 1.35 bits per heavy atom. The summed E-state index contributed by atoms with van der Waals surface area (Å²) in [5, 5.41) is 3.92. The summed E-state index contributed by atoms with van der Waals surface area (Å²) in [6.45, 7) is 0.229. The predicted octanol–water partition coefficient (Wildman–Crippen LogP) is 2.91. The molecule has 0 spiro atoms. The molecule has 5 heteroatoms. The quantitative estimate of drug-likeness (QED) is 0.863. The maximum Gasteiger partial charge on any atom is 0.240 e. The zero-order valence-corrected chi connectivity index (χ0v) is 13.4. The molecule has 1 aromatic carbocycles. The molecule has 1 amide bonds. The molecule has 122 valence electrons. The Hall–Kier alpha value is -2.30. The van der Waals surface area contributed by atoms with E-state index in [1.165, 1.54) is 19.3 Å². The Morgan fingerprint density at radius 2 is 2.13 bits per heavy atom. The Bertz CT molecular complexity index is 714. The molecule has 0 bridgehead atoms. The minimum absolute atomic E-state index is 0.00191. The van der Waals surface area contributed by atoms with Crippen LogP contribution < -0.4 is 10.1 Å². The molecule has 0 aliphatic heterocycles. The van der Waals surface area contributed by atoms with E-state index in [4.69, 9.17) is 4.74 Å². The van der Waals surface area contributed by atoms with Crippen LogP contribution in [0.4, 0.5) is 0 Å². The average molecular weight is 314 g/mol. The standard InChI is InChI=1S/C18H22N2O3/c1-23-15-7-8-17-16(9-15)13(12-21)10-20(17)11-18(22)19-14-5-3-2-4-6-14/h7-10,12,14H,2-6,11H2,1H3,(H,19,22). The summed E-state index contributed by atoms with van der Waals surface area (Å²) in [6.07, 6.45) is 8.32. The smallest absolute Gasteiger partial charge is 0.240 e. The van der Waals surface area contributed by atoms with E-state index in [1.54, 1.807) is 13.3 Å². The molecule has 1 saturated carbocycles. The summed E-state index contributed by atoms with van der Waals surface area (Å²) in [4.78, 5) is 23.6. The number of carbonyl (C=O) groups excluding carboxylic acids is 2. The summed E-state index contributed by atoms with van der Waals surface area (Å²) < 4.78 is 7.04. The van der Waals surface area contributed by atoms with Gasteiger partial charge in [0.1, 0.15) is 12.3 Å². The number of aromatic nitrogens is 1. The predicted molar refractivity (Wildman–Crippen MR) is 88.9 cm³/mol. The SMILES string of the molecule is COc1ccc2c(c1)c(C=O)cn2CC(=O)NC1CCCCC1. The third kappa shape index (κ3) is 3.38. The highest BCUT2D eigenvalue weighted by Gasteiger charge is 2.17. The topological polar surface area (TPSA) is 60.3 Å². The third-order valence-corrected chi connectivity index (χ3v) is 4.53. The molecule has 1 heterocycles. The van der Waals surface area contributed by atoms with E-state index in [9.17, 15) is 9.59 Å². The fourth-order valence-corrected chi connectivity index (χ4v) is 3.33. The molecular formula is C18H22N2O3. The van der Waals surface area contributed by atoms with Gasteiger partial charge in [-0.05, 0) is 31.0 Å². The Balaban J connectivity index is 1.79. The van der Waals surface area contributed by atoms with Crippen LogP contribution in [0.15, 0.2) is 24.4 Å². The second kappa shape index (κ2) is 6.86. The molecule has 1 fully saturated rings. The van der Waals surface area contributed by atoms with Crippen LogP contribution >= 0.6 is 0 Å². The molecule has 1 aliphatic rings. The number of hydrogen-bond donors (Lipinski definition) is 1. The summed E-state index contributed by atoms with van der Waals surface area (Å²) in [5.74, 6) is 0.701. The number of amides is 1. The molecule has 0 unspecified atom stereocenters. The second-order valence-corrected chi connectivity index (χ2v) is 6.12. The summed E-state index contributed by atoms with van der Waals surface area (Å²) in [7, 11) is 1.59. The first-order valence-electron chi connectivity index (χ1n) is 8.12. The van der Waals surface area contributed by atoms with Crippen LogP contribution in [0.25, 0.3) is 10.9 Å². The van der Waals surface area contributed by atoms with E-state index in [-0.39, 0.29) is 12.5 Å². The highest BCUT2D eigenvalue weighted by molar-refractivity contribution is 5.98. The van der Waals surface area contributed by atoms with Gasteiger partial charge in [0.15, 0.2) is 6.29 Å². The lowest BCUT2D eigenvalue weighted by Gasteiger charge is -2.22. The number of methoxy groups -OCH3 is 1. The van der Waals surface area contributed by atoms with Gasteiger partial charge in [-0.1, -0.05) is 19.3 Å². The number of fused-ring (bicyclic) bond motifs is 1. The Kier molecular flexibility index (Phi) is 4.65. The Labute approximate surface area is 135 Å². The number of nitrogens with zero attached hydrogens (tertiary/aromatic N) is 1. The minimum atomic E-state index is 0.00191. The first-order chi connectivity index (χ1) is 11.2. The third-order valence-electron chi connectivity index (χ3n) is 4.53. The average Bonchev–Trinajstić information content (AvgIpc) is 2.92. The number of aldehydes is 1. The summed E-state index contributed by atoms with van der Waals surface area (Å²) in [6, 6.07) is 5.85. The van der Waals surface area contributed by atoms with Crippen molar-refractivity contribution in [2.24, 2.45) is 0 Å². The van der Waals surface area contributed by atoms with Crippen LogP contribution in [0.1, 0.15) is 42.5 Å². The molecule has 23 heavy (non-hydrogen) atoms. The maximum atomic E-state index is 12.3. The van der Waals surface area contributed by atoms with Gasteiger partial charge in [-0.3, -0.25) is 9.59 Å². The van der Waals surface area contributed by atoms with Crippen molar-refractivity contribution in [2.75, 3.05) is 7.11 Å². The molecule has 3 rings (SSSR count). The minimum Gasteiger partial charge on any atom is -0.497 e. The van der Waals surface area contributed by atoms with E-state index < -0.39 is 0 Å². The van der Waals surface area contributed by atoms with Gasteiger partial charge in [-0.25, -0.2) is 0 Å². The molecular weight excluding hydrogens is 292 g/mol. The highest BCUT2D eigenvalue weighted by atomic mass is 16.5.